The summed E-state index contributed by atoms with van der Waals surface area (Å²) >= 11 is 9.39. The van der Waals surface area contributed by atoms with Gasteiger partial charge in [-0.05, 0) is 52.4 Å². The maximum absolute atomic E-state index is 12.6. The Balaban J connectivity index is 1.76. The molecule has 5 heteroatoms. The lowest BCUT2D eigenvalue weighted by molar-refractivity contribution is -0.123. The van der Waals surface area contributed by atoms with Gasteiger partial charge in [0.25, 0.3) is 0 Å². The molecule has 0 N–H and O–H groups in total. The van der Waals surface area contributed by atoms with E-state index in [1.54, 1.807) is 18.2 Å². The van der Waals surface area contributed by atoms with Gasteiger partial charge in [0.15, 0.2) is 0 Å². The third-order valence-electron chi connectivity index (χ3n) is 4.63. The van der Waals surface area contributed by atoms with Crippen molar-refractivity contribution in [3.8, 4) is 0 Å². The predicted molar refractivity (Wildman–Crippen MR) is 79.4 cm³/mol. The Morgan fingerprint density at radius 2 is 1.70 bits per heavy atom. The minimum absolute atomic E-state index is 0.0739. The number of halogens is 2. The summed E-state index contributed by atoms with van der Waals surface area (Å²) in [5.74, 6) is -0.0138. The van der Waals surface area contributed by atoms with Gasteiger partial charge in [0.2, 0.25) is 11.8 Å². The van der Waals surface area contributed by atoms with Crippen molar-refractivity contribution in [1.82, 2.24) is 0 Å². The Labute approximate surface area is 129 Å². The predicted octanol–water partition coefficient (Wildman–Crippen LogP) is 3.41. The van der Waals surface area contributed by atoms with Crippen LogP contribution in [0.5, 0.6) is 0 Å². The smallest absolute Gasteiger partial charge is 0.238 e. The largest absolute Gasteiger partial charge is 0.274 e. The third-order valence-corrected chi connectivity index (χ3v) is 5.86. The molecule has 102 valence electrons. The molecule has 3 aliphatic rings. The van der Waals surface area contributed by atoms with Crippen molar-refractivity contribution < 1.29 is 9.59 Å². The Morgan fingerprint density at radius 1 is 1.10 bits per heavy atom. The molecule has 1 aromatic rings. The van der Waals surface area contributed by atoms with Crippen LogP contribution in [0.15, 0.2) is 34.8 Å². The zero-order valence-corrected chi connectivity index (χ0v) is 12.8. The maximum atomic E-state index is 12.6. The van der Waals surface area contributed by atoms with Crippen LogP contribution in [-0.4, -0.2) is 11.8 Å². The van der Waals surface area contributed by atoms with Crippen molar-refractivity contribution in [2.24, 2.45) is 23.7 Å². The molecule has 1 saturated heterocycles. The van der Waals surface area contributed by atoms with Crippen LogP contribution in [0, 0.1) is 23.7 Å². The number of allylic oxidation sites excluding steroid dienone is 2. The van der Waals surface area contributed by atoms with E-state index in [2.05, 4.69) is 28.1 Å². The second-order valence-corrected chi connectivity index (χ2v) is 6.87. The highest BCUT2D eigenvalue weighted by Gasteiger charge is 2.59. The molecule has 1 heterocycles. The molecular weight excluding hydrogens is 342 g/mol. The normalized spacial score (nSPS) is 34.2. The third kappa shape index (κ3) is 1.52. The Hall–Kier alpha value is -1.13. The van der Waals surface area contributed by atoms with Crippen LogP contribution in [0.1, 0.15) is 6.42 Å². The van der Waals surface area contributed by atoms with Gasteiger partial charge in [-0.1, -0.05) is 23.8 Å². The fourth-order valence-corrected chi connectivity index (χ4v) is 4.20. The Bertz CT molecular complexity index is 642. The molecule has 20 heavy (non-hydrogen) atoms. The summed E-state index contributed by atoms with van der Waals surface area (Å²) in [6.45, 7) is 0. The van der Waals surface area contributed by atoms with E-state index >= 15 is 0 Å². The first kappa shape index (κ1) is 12.6. The molecule has 2 fully saturated rings. The average molecular weight is 353 g/mol. The monoisotopic (exact) mass is 351 g/mol. The summed E-state index contributed by atoms with van der Waals surface area (Å²) < 4.78 is 0.754. The Kier molecular flexibility index (Phi) is 2.63. The molecule has 2 aliphatic carbocycles. The molecule has 1 aliphatic heterocycles. The van der Waals surface area contributed by atoms with Crippen molar-refractivity contribution in [3.05, 3.63) is 39.8 Å². The van der Waals surface area contributed by atoms with Crippen LogP contribution >= 0.6 is 27.5 Å². The summed E-state index contributed by atoms with van der Waals surface area (Å²) in [7, 11) is 0. The lowest BCUT2D eigenvalue weighted by atomic mass is 9.85. The lowest BCUT2D eigenvalue weighted by Crippen LogP contribution is -2.32. The molecule has 1 aromatic carbocycles. The number of benzene rings is 1. The van der Waals surface area contributed by atoms with Crippen molar-refractivity contribution in [2.45, 2.75) is 6.42 Å². The summed E-state index contributed by atoms with van der Waals surface area (Å²) in [6.07, 6.45) is 5.13. The molecule has 1 saturated carbocycles. The fourth-order valence-electron chi connectivity index (χ4n) is 3.78. The number of fused-ring (bicyclic) bond motifs is 5. The highest BCUT2D eigenvalue weighted by Crippen LogP contribution is 2.53. The van der Waals surface area contributed by atoms with Crippen molar-refractivity contribution in [2.75, 3.05) is 4.90 Å². The van der Waals surface area contributed by atoms with E-state index in [4.69, 9.17) is 11.6 Å². The summed E-state index contributed by atoms with van der Waals surface area (Å²) in [6, 6.07) is 5.18. The molecule has 4 atom stereocenters. The van der Waals surface area contributed by atoms with E-state index in [0.717, 1.165) is 10.9 Å². The van der Waals surface area contributed by atoms with E-state index in [-0.39, 0.29) is 35.5 Å². The number of rotatable bonds is 1. The minimum Gasteiger partial charge on any atom is -0.274 e. The highest BCUT2D eigenvalue weighted by atomic mass is 79.9. The van der Waals surface area contributed by atoms with Crippen LogP contribution in [0.3, 0.4) is 0 Å². The van der Waals surface area contributed by atoms with Crippen LogP contribution in [0.25, 0.3) is 0 Å². The standard InChI is InChI=1S/C15H11BrClNO2/c16-10-4-3-9(6-11(10)17)18-14(19)12-7-1-2-8(5-7)13(12)15(18)20/h1-4,6-8,12-13H,5H2/t7-,8-,12-,13+/m0/s1. The van der Waals surface area contributed by atoms with Gasteiger partial charge in [-0.15, -0.1) is 0 Å². The topological polar surface area (TPSA) is 37.4 Å². The zero-order valence-electron chi connectivity index (χ0n) is 10.4. The number of nitrogens with zero attached hydrogens (tertiary/aromatic N) is 1. The molecule has 4 rings (SSSR count). The van der Waals surface area contributed by atoms with E-state index in [9.17, 15) is 9.59 Å². The molecule has 0 aromatic heterocycles. The van der Waals surface area contributed by atoms with Gasteiger partial charge in [0.05, 0.1) is 22.5 Å². The maximum Gasteiger partial charge on any atom is 0.238 e. The first-order valence-electron chi connectivity index (χ1n) is 6.59. The Morgan fingerprint density at radius 3 is 2.25 bits per heavy atom. The number of anilines is 1. The van der Waals surface area contributed by atoms with Gasteiger partial charge in [-0.2, -0.15) is 0 Å². The SMILES string of the molecule is O=C1[C@@H]2[C@H](C(=O)N1c1ccc(Br)c(Cl)c1)[C@H]1C=C[C@H]2C1. The van der Waals surface area contributed by atoms with Gasteiger partial charge in [0, 0.05) is 4.47 Å². The number of carbonyl (C=O) groups excluding carboxylic acids is 2. The molecule has 0 spiro atoms. The number of amides is 2. The van der Waals surface area contributed by atoms with Crippen LogP contribution in [0.2, 0.25) is 5.02 Å². The number of imide groups is 1. The number of hydrogen-bond acceptors (Lipinski definition) is 2. The van der Waals surface area contributed by atoms with Gasteiger partial charge in [-0.3, -0.25) is 9.59 Å². The van der Waals surface area contributed by atoms with Crippen LogP contribution in [-0.2, 0) is 9.59 Å². The first-order chi connectivity index (χ1) is 9.58. The van der Waals surface area contributed by atoms with Crippen molar-refractivity contribution in [3.63, 3.8) is 0 Å². The fraction of sp³-hybridized carbons (Fsp3) is 0.333. The van der Waals surface area contributed by atoms with Crippen molar-refractivity contribution >= 4 is 45.0 Å². The second-order valence-electron chi connectivity index (χ2n) is 5.61. The number of carbonyl (C=O) groups is 2. The lowest BCUT2D eigenvalue weighted by Gasteiger charge is -2.17. The average Bonchev–Trinajstić information content (AvgIpc) is 3.08. The van der Waals surface area contributed by atoms with Crippen LogP contribution < -0.4 is 4.90 Å². The van der Waals surface area contributed by atoms with Gasteiger partial charge in [0.1, 0.15) is 0 Å². The molecule has 2 bridgehead atoms. The number of hydrogen-bond donors (Lipinski definition) is 0. The van der Waals surface area contributed by atoms with E-state index in [1.807, 2.05) is 0 Å². The molecule has 0 radical (unpaired) electrons. The molecule has 3 nitrogen and oxygen atoms in total. The van der Waals surface area contributed by atoms with Gasteiger partial charge in [-0.25, -0.2) is 4.90 Å². The molecule has 2 amide bonds. The second kappa shape index (κ2) is 4.18. The van der Waals surface area contributed by atoms with Crippen molar-refractivity contribution in [1.29, 1.82) is 0 Å². The van der Waals surface area contributed by atoms with Crippen LogP contribution in [0.4, 0.5) is 5.69 Å². The minimum atomic E-state index is -0.167. The first-order valence-corrected chi connectivity index (χ1v) is 7.76. The van der Waals surface area contributed by atoms with Gasteiger partial charge < -0.3 is 0 Å². The van der Waals surface area contributed by atoms with Gasteiger partial charge >= 0.3 is 0 Å². The zero-order chi connectivity index (χ0) is 14.0. The van der Waals surface area contributed by atoms with E-state index in [1.165, 1.54) is 4.90 Å². The quantitative estimate of drug-likeness (QED) is 0.574. The summed E-state index contributed by atoms with van der Waals surface area (Å²) in [5, 5.41) is 0.501. The highest BCUT2D eigenvalue weighted by molar-refractivity contribution is 9.10. The van der Waals surface area contributed by atoms with E-state index in [0.29, 0.717) is 10.7 Å². The van der Waals surface area contributed by atoms with E-state index < -0.39 is 0 Å². The summed E-state index contributed by atoms with van der Waals surface area (Å²) in [5.41, 5.74) is 0.571. The molecular formula is C15H11BrClNO2. The molecule has 0 unspecified atom stereocenters. The summed E-state index contributed by atoms with van der Waals surface area (Å²) in [4.78, 5) is 26.5.